The van der Waals surface area contributed by atoms with Gasteiger partial charge in [-0.25, -0.2) is 0 Å². The Labute approximate surface area is 261 Å². The lowest BCUT2D eigenvalue weighted by Crippen LogP contribution is -2.46. The molecule has 0 amide bonds. The van der Waals surface area contributed by atoms with Crippen LogP contribution in [0.25, 0.3) is 11.1 Å². The van der Waals surface area contributed by atoms with Crippen LogP contribution in [0.5, 0.6) is 11.5 Å². The summed E-state index contributed by atoms with van der Waals surface area (Å²) in [7, 11) is -2.62. The van der Waals surface area contributed by atoms with E-state index in [9.17, 15) is 4.79 Å². The van der Waals surface area contributed by atoms with Gasteiger partial charge in [0.25, 0.3) is 0 Å². The van der Waals surface area contributed by atoms with Crippen LogP contribution >= 0.6 is 0 Å². The van der Waals surface area contributed by atoms with E-state index in [0.29, 0.717) is 33.0 Å². The summed E-state index contributed by atoms with van der Waals surface area (Å²) in [5.74, 6) is 1.66. The highest BCUT2D eigenvalue weighted by Gasteiger charge is 2.39. The second-order valence-electron chi connectivity index (χ2n) is 11.3. The molecule has 0 aromatic heterocycles. The summed E-state index contributed by atoms with van der Waals surface area (Å²) in [6.45, 7) is 15.4. The number of rotatable bonds is 24. The van der Waals surface area contributed by atoms with E-state index in [2.05, 4.69) is 24.3 Å². The van der Waals surface area contributed by atoms with Gasteiger partial charge < -0.3 is 27.5 Å². The Hall–Kier alpha value is -2.39. The van der Waals surface area contributed by atoms with Crippen molar-refractivity contribution in [2.45, 2.75) is 99.0 Å². The van der Waals surface area contributed by atoms with Gasteiger partial charge in [0.15, 0.2) is 0 Å². The Morgan fingerprint density at radius 3 is 1.47 bits per heavy atom. The molecule has 0 fully saturated rings. The standard InChI is InChI=1S/C35H56O7Si/c1-7-35(5,6)34(36)39-27-16-14-12-11-13-15-26-37-32-22-18-30(19-23-32)31-20-24-33(25-21-31)38-28-17-29-43(40-8-2,41-9-3)42-10-4/h18-25H,7-17,26-29H2,1-6H3. The Kier molecular flexibility index (Phi) is 17.6. The number of esters is 1. The molecule has 2 aromatic rings. The molecule has 0 unspecified atom stereocenters. The zero-order valence-electron chi connectivity index (χ0n) is 27.6. The summed E-state index contributed by atoms with van der Waals surface area (Å²) in [4.78, 5) is 12.0. The largest absolute Gasteiger partial charge is 0.501 e. The van der Waals surface area contributed by atoms with Crippen LogP contribution in [0.3, 0.4) is 0 Å². The number of unbranched alkanes of at least 4 members (excludes halogenated alkanes) is 5. The van der Waals surface area contributed by atoms with E-state index < -0.39 is 8.80 Å². The van der Waals surface area contributed by atoms with Crippen molar-refractivity contribution in [1.82, 2.24) is 0 Å². The van der Waals surface area contributed by atoms with Crippen molar-refractivity contribution in [3.05, 3.63) is 48.5 Å². The quantitative estimate of drug-likeness (QED) is 0.0663. The lowest BCUT2D eigenvalue weighted by molar-refractivity contribution is -0.154. The number of hydrogen-bond acceptors (Lipinski definition) is 7. The topological polar surface area (TPSA) is 72.5 Å². The first kappa shape index (κ1) is 36.8. The maximum Gasteiger partial charge on any atom is 0.501 e. The predicted molar refractivity (Wildman–Crippen MR) is 176 cm³/mol. The van der Waals surface area contributed by atoms with E-state index in [1.54, 1.807) is 0 Å². The number of benzene rings is 2. The van der Waals surface area contributed by atoms with Gasteiger partial charge in [0.1, 0.15) is 11.5 Å². The molecule has 0 heterocycles. The molecule has 0 radical (unpaired) electrons. The van der Waals surface area contributed by atoms with Crippen LogP contribution in [-0.2, 0) is 22.8 Å². The van der Waals surface area contributed by atoms with Crippen molar-refractivity contribution in [2.24, 2.45) is 5.41 Å². The van der Waals surface area contributed by atoms with E-state index in [-0.39, 0.29) is 11.4 Å². The normalized spacial score (nSPS) is 11.9. The van der Waals surface area contributed by atoms with Crippen LogP contribution in [0, 0.1) is 5.41 Å². The molecule has 2 rings (SSSR count). The first-order valence-electron chi connectivity index (χ1n) is 16.3. The van der Waals surface area contributed by atoms with Crippen molar-refractivity contribution >= 4 is 14.8 Å². The van der Waals surface area contributed by atoms with Gasteiger partial charge in [-0.05, 0) is 95.7 Å². The average molecular weight is 617 g/mol. The molecule has 0 aliphatic heterocycles. The molecule has 0 bridgehead atoms. The summed E-state index contributed by atoms with van der Waals surface area (Å²) in [5, 5.41) is 0. The van der Waals surface area contributed by atoms with Gasteiger partial charge in [0.2, 0.25) is 0 Å². The molecule has 0 saturated heterocycles. The van der Waals surface area contributed by atoms with Gasteiger partial charge in [0, 0.05) is 25.9 Å². The summed E-state index contributed by atoms with van der Waals surface area (Å²) in [5.41, 5.74) is 1.90. The van der Waals surface area contributed by atoms with Gasteiger partial charge in [-0.3, -0.25) is 4.79 Å². The molecule has 2 aromatic carbocycles. The maximum absolute atomic E-state index is 12.0. The first-order chi connectivity index (χ1) is 20.8. The molecule has 0 N–H and O–H groups in total. The van der Waals surface area contributed by atoms with Crippen molar-refractivity contribution in [3.63, 3.8) is 0 Å². The highest BCUT2D eigenvalue weighted by atomic mass is 28.4. The smallest absolute Gasteiger partial charge is 0.494 e. The van der Waals surface area contributed by atoms with Crippen LogP contribution in [0.15, 0.2) is 48.5 Å². The Morgan fingerprint density at radius 2 is 1.02 bits per heavy atom. The van der Waals surface area contributed by atoms with Gasteiger partial charge in [-0.15, -0.1) is 0 Å². The van der Waals surface area contributed by atoms with E-state index in [4.69, 9.17) is 27.5 Å². The van der Waals surface area contributed by atoms with Crippen LogP contribution in [-0.4, -0.2) is 54.4 Å². The van der Waals surface area contributed by atoms with Crippen molar-refractivity contribution in [3.8, 4) is 22.6 Å². The molecule has 0 saturated carbocycles. The highest BCUT2D eigenvalue weighted by Crippen LogP contribution is 2.26. The molecule has 8 heteroatoms. The van der Waals surface area contributed by atoms with Gasteiger partial charge >= 0.3 is 14.8 Å². The summed E-state index contributed by atoms with van der Waals surface area (Å²) >= 11 is 0. The first-order valence-corrected chi connectivity index (χ1v) is 18.3. The summed E-state index contributed by atoms with van der Waals surface area (Å²) in [6.07, 6.45) is 8.15. The molecule has 0 aliphatic carbocycles. The predicted octanol–water partition coefficient (Wildman–Crippen LogP) is 8.87. The fourth-order valence-electron chi connectivity index (χ4n) is 4.57. The Balaban J connectivity index is 1.62. The second-order valence-corrected chi connectivity index (χ2v) is 14.1. The zero-order chi connectivity index (χ0) is 31.4. The second kappa shape index (κ2) is 20.5. The van der Waals surface area contributed by atoms with Crippen molar-refractivity contribution in [2.75, 3.05) is 39.6 Å². The zero-order valence-corrected chi connectivity index (χ0v) is 28.6. The summed E-state index contributed by atoms with van der Waals surface area (Å²) in [6, 6.07) is 17.2. The minimum absolute atomic E-state index is 0.0854. The number of carbonyl (C=O) groups is 1. The SMILES string of the molecule is CCO[Si](CCCOc1ccc(-c2ccc(OCCCCCCCCOC(=O)C(C)(C)CC)cc2)cc1)(OCC)OCC. The van der Waals surface area contributed by atoms with Gasteiger partial charge in [0.05, 0.1) is 25.2 Å². The Morgan fingerprint density at radius 1 is 0.605 bits per heavy atom. The van der Waals surface area contributed by atoms with E-state index >= 15 is 0 Å². The van der Waals surface area contributed by atoms with Crippen molar-refractivity contribution in [1.29, 1.82) is 0 Å². The molecule has 7 nitrogen and oxygen atoms in total. The van der Waals surface area contributed by atoms with E-state index in [0.717, 1.165) is 80.2 Å². The van der Waals surface area contributed by atoms with E-state index in [1.807, 2.05) is 65.8 Å². The number of hydrogen-bond donors (Lipinski definition) is 0. The Bertz CT molecular complexity index is 991. The highest BCUT2D eigenvalue weighted by molar-refractivity contribution is 6.60. The maximum atomic E-state index is 12.0. The molecular formula is C35H56O7Si. The minimum atomic E-state index is -2.62. The third kappa shape index (κ3) is 13.8. The van der Waals surface area contributed by atoms with Crippen LogP contribution < -0.4 is 9.47 Å². The summed E-state index contributed by atoms with van der Waals surface area (Å²) < 4.78 is 35.1. The lowest BCUT2D eigenvalue weighted by atomic mass is 9.91. The van der Waals surface area contributed by atoms with Gasteiger partial charge in [-0.2, -0.15) is 0 Å². The van der Waals surface area contributed by atoms with E-state index in [1.165, 1.54) is 6.42 Å². The van der Waals surface area contributed by atoms with Gasteiger partial charge in [-0.1, -0.05) is 56.9 Å². The third-order valence-electron chi connectivity index (χ3n) is 7.51. The average Bonchev–Trinajstić information content (AvgIpc) is 3.01. The number of ether oxygens (including phenoxy) is 3. The lowest BCUT2D eigenvalue weighted by Gasteiger charge is -2.28. The minimum Gasteiger partial charge on any atom is -0.494 e. The van der Waals surface area contributed by atoms with Crippen LogP contribution in [0.4, 0.5) is 0 Å². The van der Waals surface area contributed by atoms with Crippen LogP contribution in [0.2, 0.25) is 6.04 Å². The molecule has 0 spiro atoms. The third-order valence-corrected chi connectivity index (χ3v) is 10.7. The fraction of sp³-hybridized carbons (Fsp3) is 0.629. The molecule has 43 heavy (non-hydrogen) atoms. The molecule has 242 valence electrons. The molecular weight excluding hydrogens is 560 g/mol. The fourth-order valence-corrected chi connectivity index (χ4v) is 7.15. The molecule has 0 atom stereocenters. The number of carbonyl (C=O) groups excluding carboxylic acids is 1. The molecule has 0 aliphatic rings. The monoisotopic (exact) mass is 616 g/mol. The van der Waals surface area contributed by atoms with Crippen molar-refractivity contribution < 1.29 is 32.3 Å². The van der Waals surface area contributed by atoms with Crippen LogP contribution in [0.1, 0.15) is 92.9 Å².